The van der Waals surface area contributed by atoms with E-state index in [-0.39, 0.29) is 11.3 Å². The third-order valence-electron chi connectivity index (χ3n) is 6.16. The van der Waals surface area contributed by atoms with E-state index >= 15 is 0 Å². The van der Waals surface area contributed by atoms with Crippen molar-refractivity contribution in [3.05, 3.63) is 81.7 Å². The van der Waals surface area contributed by atoms with Crippen molar-refractivity contribution in [1.82, 2.24) is 10.5 Å². The first kappa shape index (κ1) is 22.9. The van der Waals surface area contributed by atoms with Crippen molar-refractivity contribution in [3.8, 4) is 0 Å². The van der Waals surface area contributed by atoms with Gasteiger partial charge < -0.3 is 14.6 Å². The molecule has 32 heavy (non-hydrogen) atoms. The van der Waals surface area contributed by atoms with Crippen LogP contribution in [0.15, 0.2) is 57.9 Å². The second-order valence-corrected chi connectivity index (χ2v) is 9.63. The third kappa shape index (κ3) is 5.03. The highest BCUT2D eigenvalue weighted by Gasteiger charge is 2.35. The summed E-state index contributed by atoms with van der Waals surface area (Å²) >= 11 is 7.89. The number of halogens is 1. The number of aryl methyl sites for hydroxylation is 2. The van der Waals surface area contributed by atoms with Gasteiger partial charge in [-0.3, -0.25) is 4.79 Å². The number of thioether (sulfide) groups is 1. The normalized spacial score (nSPS) is 15.5. The highest BCUT2D eigenvalue weighted by Crippen LogP contribution is 2.36. The number of nitrogens with zero attached hydrogens (tertiary/aromatic N) is 1. The Labute approximate surface area is 197 Å². The van der Waals surface area contributed by atoms with Gasteiger partial charge in [-0.25, -0.2) is 0 Å². The van der Waals surface area contributed by atoms with Crippen LogP contribution < -0.4 is 5.32 Å². The molecule has 0 radical (unpaired) electrons. The molecular formula is C25H27ClN2O3S. The zero-order chi connectivity index (χ0) is 22.6. The Morgan fingerprint density at radius 2 is 1.94 bits per heavy atom. The lowest BCUT2D eigenvalue weighted by Crippen LogP contribution is -2.44. The van der Waals surface area contributed by atoms with Gasteiger partial charge in [0.2, 0.25) is 0 Å². The van der Waals surface area contributed by atoms with Crippen molar-refractivity contribution in [2.45, 2.75) is 42.8 Å². The number of ether oxygens (including phenoxy) is 1. The maximum Gasteiger partial charge on any atom is 0.252 e. The molecule has 1 fully saturated rings. The van der Waals surface area contributed by atoms with E-state index in [1.807, 2.05) is 56.3 Å². The van der Waals surface area contributed by atoms with E-state index in [0.717, 1.165) is 40.3 Å². The van der Waals surface area contributed by atoms with Gasteiger partial charge in [0.15, 0.2) is 0 Å². The fraction of sp³-hybridized carbons (Fsp3) is 0.360. The molecular weight excluding hydrogens is 444 g/mol. The highest BCUT2D eigenvalue weighted by molar-refractivity contribution is 7.98. The van der Waals surface area contributed by atoms with Crippen LogP contribution in [0.2, 0.25) is 5.02 Å². The smallest absolute Gasteiger partial charge is 0.252 e. The van der Waals surface area contributed by atoms with E-state index in [1.165, 1.54) is 0 Å². The van der Waals surface area contributed by atoms with Crippen LogP contribution in [0, 0.1) is 13.8 Å². The number of benzene rings is 2. The maximum atomic E-state index is 13.2. The Morgan fingerprint density at radius 3 is 2.66 bits per heavy atom. The van der Waals surface area contributed by atoms with Crippen molar-refractivity contribution in [2.75, 3.05) is 19.8 Å². The second kappa shape index (κ2) is 10.1. The first-order chi connectivity index (χ1) is 15.5. The largest absolute Gasteiger partial charge is 0.381 e. The first-order valence-corrected chi connectivity index (χ1v) is 12.1. The molecule has 0 unspecified atom stereocenters. The van der Waals surface area contributed by atoms with Crippen LogP contribution in [0.3, 0.4) is 0 Å². The summed E-state index contributed by atoms with van der Waals surface area (Å²) in [6.45, 7) is 5.74. The lowest BCUT2D eigenvalue weighted by Gasteiger charge is -2.38. The van der Waals surface area contributed by atoms with E-state index < -0.39 is 0 Å². The maximum absolute atomic E-state index is 13.2. The van der Waals surface area contributed by atoms with Crippen molar-refractivity contribution in [2.24, 2.45) is 0 Å². The summed E-state index contributed by atoms with van der Waals surface area (Å²) in [5, 5.41) is 7.93. The quantitative estimate of drug-likeness (QED) is 0.447. The predicted molar refractivity (Wildman–Crippen MR) is 127 cm³/mol. The minimum Gasteiger partial charge on any atom is -0.381 e. The molecule has 168 valence electrons. The van der Waals surface area contributed by atoms with Gasteiger partial charge in [-0.15, -0.1) is 11.8 Å². The zero-order valence-electron chi connectivity index (χ0n) is 18.3. The molecule has 0 bridgehead atoms. The van der Waals surface area contributed by atoms with Crippen LogP contribution in [-0.4, -0.2) is 30.8 Å². The fourth-order valence-electron chi connectivity index (χ4n) is 4.13. The van der Waals surface area contributed by atoms with E-state index in [0.29, 0.717) is 36.1 Å². The zero-order valence-corrected chi connectivity index (χ0v) is 19.9. The Balaban J connectivity index is 1.50. The molecule has 1 aliphatic heterocycles. The molecule has 2 heterocycles. The molecule has 5 nitrogen and oxygen atoms in total. The van der Waals surface area contributed by atoms with Crippen LogP contribution in [0.1, 0.15) is 45.8 Å². The topological polar surface area (TPSA) is 64.4 Å². The van der Waals surface area contributed by atoms with E-state index in [4.69, 9.17) is 20.9 Å². The molecule has 0 aliphatic carbocycles. The van der Waals surface area contributed by atoms with E-state index in [2.05, 4.69) is 16.5 Å². The Bertz CT molecular complexity index is 1070. The van der Waals surface area contributed by atoms with Crippen molar-refractivity contribution in [1.29, 1.82) is 0 Å². The predicted octanol–water partition coefficient (Wildman–Crippen LogP) is 5.72. The molecule has 2 aromatic carbocycles. The Hall–Kier alpha value is -2.28. The van der Waals surface area contributed by atoms with Gasteiger partial charge in [0, 0.05) is 46.4 Å². The number of hydrogen-bond donors (Lipinski definition) is 1. The molecule has 4 rings (SSSR count). The lowest BCUT2D eigenvalue weighted by molar-refractivity contribution is 0.0487. The third-order valence-corrected chi connectivity index (χ3v) is 7.49. The van der Waals surface area contributed by atoms with Gasteiger partial charge in [0.25, 0.3) is 5.91 Å². The van der Waals surface area contributed by atoms with Crippen molar-refractivity contribution in [3.63, 3.8) is 0 Å². The number of hydrogen-bond acceptors (Lipinski definition) is 5. The summed E-state index contributed by atoms with van der Waals surface area (Å²) in [5.41, 5.74) is 3.61. The standard InChI is InChI=1S/C25H27ClN2O3S/c1-17-22(18(2)31-28-17)15-32-23-9-4-3-8-21(23)24(29)27-16-25(10-12-30-13-11-25)19-6-5-7-20(26)14-19/h3-9,14H,10-13,15-16H2,1-2H3,(H,27,29). The summed E-state index contributed by atoms with van der Waals surface area (Å²) in [5.74, 6) is 1.45. The number of nitrogens with one attached hydrogen (secondary N) is 1. The summed E-state index contributed by atoms with van der Waals surface area (Å²) in [6.07, 6.45) is 1.69. The van der Waals surface area contributed by atoms with Crippen LogP contribution in [0.5, 0.6) is 0 Å². The molecule has 1 saturated heterocycles. The van der Waals surface area contributed by atoms with Crippen molar-refractivity contribution < 1.29 is 14.1 Å². The molecule has 0 spiro atoms. The first-order valence-electron chi connectivity index (χ1n) is 10.7. The number of carbonyl (C=O) groups excluding carboxylic acids is 1. The molecule has 1 aromatic heterocycles. The molecule has 3 aromatic rings. The van der Waals surface area contributed by atoms with Gasteiger partial charge in [0.1, 0.15) is 5.76 Å². The van der Waals surface area contributed by atoms with Gasteiger partial charge >= 0.3 is 0 Å². The van der Waals surface area contributed by atoms with Crippen LogP contribution in [-0.2, 0) is 15.9 Å². The Morgan fingerprint density at radius 1 is 1.16 bits per heavy atom. The number of carbonyl (C=O) groups is 1. The van der Waals surface area contributed by atoms with Crippen molar-refractivity contribution >= 4 is 29.3 Å². The minimum absolute atomic E-state index is 0.0697. The minimum atomic E-state index is -0.183. The fourth-order valence-corrected chi connectivity index (χ4v) is 5.52. The SMILES string of the molecule is Cc1noc(C)c1CSc1ccccc1C(=O)NCC1(c2cccc(Cl)c2)CCOCC1. The molecule has 0 atom stereocenters. The summed E-state index contributed by atoms with van der Waals surface area (Å²) < 4.78 is 10.9. The van der Waals surface area contributed by atoms with Gasteiger partial charge in [-0.2, -0.15) is 0 Å². The summed E-state index contributed by atoms with van der Waals surface area (Å²) in [6, 6.07) is 15.7. The van der Waals surface area contributed by atoms with Gasteiger partial charge in [0.05, 0.1) is 11.3 Å². The number of aromatic nitrogens is 1. The number of rotatable bonds is 7. The number of amides is 1. The lowest BCUT2D eigenvalue weighted by atomic mass is 9.74. The monoisotopic (exact) mass is 470 g/mol. The van der Waals surface area contributed by atoms with Crippen LogP contribution in [0.25, 0.3) is 0 Å². The Kier molecular flexibility index (Phi) is 7.23. The molecule has 0 saturated carbocycles. The van der Waals surface area contributed by atoms with E-state index in [1.54, 1.807) is 11.8 Å². The molecule has 1 aliphatic rings. The van der Waals surface area contributed by atoms with Crippen LogP contribution in [0.4, 0.5) is 0 Å². The summed E-state index contributed by atoms with van der Waals surface area (Å²) in [7, 11) is 0. The average molecular weight is 471 g/mol. The van der Waals surface area contributed by atoms with E-state index in [9.17, 15) is 4.79 Å². The van der Waals surface area contributed by atoms with Crippen LogP contribution >= 0.6 is 23.4 Å². The second-order valence-electron chi connectivity index (χ2n) is 8.17. The summed E-state index contributed by atoms with van der Waals surface area (Å²) in [4.78, 5) is 14.2. The van der Waals surface area contributed by atoms with Gasteiger partial charge in [-0.05, 0) is 56.5 Å². The highest BCUT2D eigenvalue weighted by atomic mass is 35.5. The average Bonchev–Trinajstić information content (AvgIpc) is 3.14. The molecule has 1 amide bonds. The van der Waals surface area contributed by atoms with Gasteiger partial charge in [-0.1, -0.05) is 41.0 Å². The molecule has 7 heteroatoms. The molecule has 1 N–H and O–H groups in total.